The predicted molar refractivity (Wildman–Crippen MR) is 112 cm³/mol. The van der Waals surface area contributed by atoms with Crippen LogP contribution < -0.4 is 4.90 Å². The maximum atomic E-state index is 12.9. The van der Waals surface area contributed by atoms with Gasteiger partial charge in [0.25, 0.3) is 0 Å². The maximum Gasteiger partial charge on any atom is 0.407 e. The second-order valence-electron chi connectivity index (χ2n) is 8.24. The van der Waals surface area contributed by atoms with Crippen molar-refractivity contribution in [2.75, 3.05) is 57.3 Å². The Morgan fingerprint density at radius 3 is 2.61 bits per heavy atom. The lowest BCUT2D eigenvalue weighted by Gasteiger charge is -2.37. The predicted octanol–water partition coefficient (Wildman–Crippen LogP) is 1.43. The van der Waals surface area contributed by atoms with Crippen LogP contribution in [0.2, 0.25) is 0 Å². The number of carbonyl (C=O) groups is 2. The minimum absolute atomic E-state index is 0.0339. The largest absolute Gasteiger partial charge is 0.465 e. The van der Waals surface area contributed by atoms with Crippen molar-refractivity contribution in [2.45, 2.75) is 31.4 Å². The summed E-state index contributed by atoms with van der Waals surface area (Å²) in [6.07, 6.45) is 3.13. The highest BCUT2D eigenvalue weighted by molar-refractivity contribution is 5.75. The van der Waals surface area contributed by atoms with Gasteiger partial charge in [-0.15, -0.1) is 0 Å². The van der Waals surface area contributed by atoms with E-state index in [0.717, 1.165) is 25.1 Å². The first-order valence-corrected chi connectivity index (χ1v) is 10.8. The number of nitrogens with zero attached hydrogens (tertiary/aromatic N) is 6. The van der Waals surface area contributed by atoms with E-state index < -0.39 is 6.09 Å². The lowest BCUT2D eigenvalue weighted by molar-refractivity contribution is 0.0255. The number of urea groups is 1. The molecule has 0 aromatic carbocycles. The molecule has 0 aliphatic carbocycles. The van der Waals surface area contributed by atoms with Crippen molar-refractivity contribution in [2.24, 2.45) is 0 Å². The number of hydrogen-bond donors (Lipinski definition) is 1. The molecule has 2 atom stereocenters. The lowest BCUT2D eigenvalue weighted by Crippen LogP contribution is -2.52. The molecule has 166 valence electrons. The molecule has 31 heavy (non-hydrogen) atoms. The van der Waals surface area contributed by atoms with E-state index in [-0.39, 0.29) is 18.2 Å². The van der Waals surface area contributed by atoms with Gasteiger partial charge in [-0.3, -0.25) is 0 Å². The highest BCUT2D eigenvalue weighted by atomic mass is 16.5. The standard InChI is InChI=1S/C21H28N6O4/c22-12-16-3-4-19(23-13-16)24-8-10-25(11-9-24)20(28)26-7-5-18(14-26)31-15-17-2-1-6-27(17)21(29)30/h3-4,13,17-18H,1-2,5-11,14-15H2,(H,29,30)/t17-,18?/m0/s1. The van der Waals surface area contributed by atoms with E-state index in [1.807, 2.05) is 15.9 Å². The second kappa shape index (κ2) is 9.39. The molecule has 3 fully saturated rings. The molecule has 0 bridgehead atoms. The van der Waals surface area contributed by atoms with Gasteiger partial charge in [0.15, 0.2) is 0 Å². The molecule has 1 aromatic rings. The van der Waals surface area contributed by atoms with Gasteiger partial charge in [0, 0.05) is 52.0 Å². The van der Waals surface area contributed by atoms with Crippen molar-refractivity contribution in [3.63, 3.8) is 0 Å². The van der Waals surface area contributed by atoms with Crippen molar-refractivity contribution < 1.29 is 19.4 Å². The Kier molecular flexibility index (Phi) is 6.42. The summed E-state index contributed by atoms with van der Waals surface area (Å²) in [5, 5.41) is 18.1. The molecule has 4 rings (SSSR count). The van der Waals surface area contributed by atoms with E-state index in [4.69, 9.17) is 10.00 Å². The van der Waals surface area contributed by atoms with Crippen LogP contribution in [0.4, 0.5) is 15.4 Å². The highest BCUT2D eigenvalue weighted by Gasteiger charge is 2.34. The summed E-state index contributed by atoms with van der Waals surface area (Å²) in [7, 11) is 0. The number of amides is 3. The Labute approximate surface area is 181 Å². The van der Waals surface area contributed by atoms with Gasteiger partial charge in [-0.25, -0.2) is 14.6 Å². The fourth-order valence-electron chi connectivity index (χ4n) is 4.51. The van der Waals surface area contributed by atoms with E-state index >= 15 is 0 Å². The van der Waals surface area contributed by atoms with E-state index in [1.165, 1.54) is 4.90 Å². The number of likely N-dealkylation sites (tertiary alicyclic amines) is 2. The molecule has 10 nitrogen and oxygen atoms in total. The topological polar surface area (TPSA) is 113 Å². The number of pyridine rings is 1. The molecule has 0 radical (unpaired) electrons. The van der Waals surface area contributed by atoms with Crippen LogP contribution in [0.25, 0.3) is 0 Å². The SMILES string of the molecule is N#Cc1ccc(N2CCN(C(=O)N3CCC(OC[C@@H]4CCCN4C(=O)O)C3)CC2)nc1. The van der Waals surface area contributed by atoms with Crippen LogP contribution in [0.15, 0.2) is 18.3 Å². The van der Waals surface area contributed by atoms with Crippen LogP contribution in [0, 0.1) is 11.3 Å². The number of anilines is 1. The molecule has 4 heterocycles. The minimum atomic E-state index is -0.885. The number of ether oxygens (including phenoxy) is 1. The van der Waals surface area contributed by atoms with Crippen LogP contribution in [0.5, 0.6) is 0 Å². The molecule has 3 saturated heterocycles. The quantitative estimate of drug-likeness (QED) is 0.772. The van der Waals surface area contributed by atoms with Crippen molar-refractivity contribution in [3.05, 3.63) is 23.9 Å². The smallest absolute Gasteiger partial charge is 0.407 e. The number of rotatable bonds is 4. The van der Waals surface area contributed by atoms with Gasteiger partial charge in [0.2, 0.25) is 0 Å². The third-order valence-corrected chi connectivity index (χ3v) is 6.31. The molecular weight excluding hydrogens is 400 g/mol. The first kappa shape index (κ1) is 21.2. The molecule has 3 aliphatic rings. The molecule has 1 N–H and O–H groups in total. The Balaban J connectivity index is 1.22. The first-order chi connectivity index (χ1) is 15.0. The average Bonchev–Trinajstić information content (AvgIpc) is 3.47. The van der Waals surface area contributed by atoms with Gasteiger partial charge in [-0.2, -0.15) is 5.26 Å². The Hall–Kier alpha value is -3.06. The third kappa shape index (κ3) is 4.82. The summed E-state index contributed by atoms with van der Waals surface area (Å²) in [6.45, 7) is 4.83. The summed E-state index contributed by atoms with van der Waals surface area (Å²) in [6, 6.07) is 5.62. The normalized spacial score (nSPS) is 23.8. The van der Waals surface area contributed by atoms with Crippen molar-refractivity contribution in [1.82, 2.24) is 19.7 Å². The number of piperazine rings is 1. The zero-order valence-electron chi connectivity index (χ0n) is 17.5. The third-order valence-electron chi connectivity index (χ3n) is 6.31. The maximum absolute atomic E-state index is 12.9. The van der Waals surface area contributed by atoms with Crippen LogP contribution in [-0.2, 0) is 4.74 Å². The van der Waals surface area contributed by atoms with E-state index in [0.29, 0.717) is 58.0 Å². The zero-order valence-corrected chi connectivity index (χ0v) is 17.5. The Morgan fingerprint density at radius 2 is 1.94 bits per heavy atom. The average molecular weight is 428 g/mol. The molecule has 0 spiro atoms. The number of aromatic nitrogens is 1. The molecule has 1 aromatic heterocycles. The van der Waals surface area contributed by atoms with Crippen molar-refractivity contribution in [3.8, 4) is 6.07 Å². The van der Waals surface area contributed by atoms with Crippen LogP contribution in [0.3, 0.4) is 0 Å². The van der Waals surface area contributed by atoms with E-state index in [2.05, 4.69) is 16.0 Å². The monoisotopic (exact) mass is 428 g/mol. The molecular formula is C21H28N6O4. The van der Waals surface area contributed by atoms with Gasteiger partial charge < -0.3 is 29.4 Å². The molecule has 3 amide bonds. The number of carboxylic acid groups (broad SMARTS) is 1. The van der Waals surface area contributed by atoms with E-state index in [9.17, 15) is 14.7 Å². The van der Waals surface area contributed by atoms with Gasteiger partial charge in [0.1, 0.15) is 11.9 Å². The van der Waals surface area contributed by atoms with Crippen molar-refractivity contribution >= 4 is 17.9 Å². The summed E-state index contributed by atoms with van der Waals surface area (Å²) < 4.78 is 5.97. The fourth-order valence-corrected chi connectivity index (χ4v) is 4.51. The van der Waals surface area contributed by atoms with Gasteiger partial charge in [-0.1, -0.05) is 0 Å². The minimum Gasteiger partial charge on any atom is -0.465 e. The second-order valence-corrected chi connectivity index (χ2v) is 8.24. The van der Waals surface area contributed by atoms with Gasteiger partial charge in [-0.05, 0) is 31.4 Å². The van der Waals surface area contributed by atoms with Gasteiger partial charge >= 0.3 is 12.1 Å². The summed E-state index contributed by atoms with van der Waals surface area (Å²) in [4.78, 5) is 35.8. The molecule has 3 aliphatic heterocycles. The summed E-state index contributed by atoms with van der Waals surface area (Å²) in [5.41, 5.74) is 0.534. The Bertz CT molecular complexity index is 833. The van der Waals surface area contributed by atoms with Crippen LogP contribution in [0.1, 0.15) is 24.8 Å². The molecule has 1 unspecified atom stereocenters. The molecule has 10 heteroatoms. The van der Waals surface area contributed by atoms with Gasteiger partial charge in [0.05, 0.1) is 24.3 Å². The summed E-state index contributed by atoms with van der Waals surface area (Å²) >= 11 is 0. The molecule has 0 saturated carbocycles. The highest BCUT2D eigenvalue weighted by Crippen LogP contribution is 2.21. The van der Waals surface area contributed by atoms with Crippen LogP contribution >= 0.6 is 0 Å². The fraction of sp³-hybridized carbons (Fsp3) is 0.619. The van der Waals surface area contributed by atoms with Crippen molar-refractivity contribution in [1.29, 1.82) is 5.26 Å². The first-order valence-electron chi connectivity index (χ1n) is 10.8. The lowest BCUT2D eigenvalue weighted by atomic mass is 10.2. The number of nitriles is 1. The van der Waals surface area contributed by atoms with E-state index in [1.54, 1.807) is 12.3 Å². The Morgan fingerprint density at radius 1 is 1.13 bits per heavy atom. The number of hydrogen-bond acceptors (Lipinski definition) is 6. The van der Waals surface area contributed by atoms with Crippen LogP contribution in [-0.4, -0.2) is 101 Å². The summed E-state index contributed by atoms with van der Waals surface area (Å²) in [5.74, 6) is 0.822. The number of carbonyl (C=O) groups excluding carboxylic acids is 1. The zero-order chi connectivity index (χ0) is 21.8.